The van der Waals surface area contributed by atoms with E-state index in [2.05, 4.69) is 15.4 Å². The normalized spacial score (nSPS) is 25.4. The summed E-state index contributed by atoms with van der Waals surface area (Å²) < 4.78 is 36.5. The number of aliphatic hydroxyl groups is 1. The summed E-state index contributed by atoms with van der Waals surface area (Å²) in [5.41, 5.74) is 0. The molecular weight excluding hydrogens is 201 g/mol. The van der Waals surface area contributed by atoms with Crippen molar-refractivity contribution < 1.29 is 18.3 Å². The maximum absolute atomic E-state index is 12.2. The van der Waals surface area contributed by atoms with Crippen LogP contribution in [0.3, 0.4) is 0 Å². The van der Waals surface area contributed by atoms with E-state index in [1.165, 1.54) is 12.4 Å². The number of hydrogen-bond donors (Lipinski definition) is 2. The molecule has 1 atom stereocenters. The van der Waals surface area contributed by atoms with Crippen molar-refractivity contribution in [2.75, 3.05) is 0 Å². The highest BCUT2D eigenvalue weighted by atomic mass is 19.4. The van der Waals surface area contributed by atoms with Crippen LogP contribution in [0.4, 0.5) is 13.2 Å². The average Bonchev–Trinajstić information content (AvgIpc) is 2.50. The monoisotopic (exact) mass is 206 g/mol. The van der Waals surface area contributed by atoms with E-state index in [-0.39, 0.29) is 0 Å². The summed E-state index contributed by atoms with van der Waals surface area (Å²) in [6.07, 6.45) is -2.82. The minimum atomic E-state index is -4.66. The van der Waals surface area contributed by atoms with Gasteiger partial charge in [-0.2, -0.15) is 18.2 Å². The van der Waals surface area contributed by atoms with Gasteiger partial charge in [0.15, 0.2) is 6.17 Å². The Bertz CT molecular complexity index is 345. The molecule has 0 aromatic carbocycles. The molecule has 0 aromatic heterocycles. The Kier molecular flexibility index (Phi) is 1.66. The van der Waals surface area contributed by atoms with Crippen LogP contribution < -0.4 is 5.32 Å². The molecular formula is C6H5F3N4O. The molecule has 0 spiro atoms. The first-order chi connectivity index (χ1) is 6.48. The van der Waals surface area contributed by atoms with Gasteiger partial charge in [0.05, 0.1) is 0 Å². The Morgan fingerprint density at radius 1 is 1.50 bits per heavy atom. The van der Waals surface area contributed by atoms with Gasteiger partial charge in [-0.25, -0.2) is 5.01 Å². The molecule has 0 aromatic rings. The summed E-state index contributed by atoms with van der Waals surface area (Å²) >= 11 is 0. The van der Waals surface area contributed by atoms with Gasteiger partial charge >= 0.3 is 6.18 Å². The Morgan fingerprint density at radius 3 is 2.86 bits per heavy atom. The van der Waals surface area contributed by atoms with Crippen molar-refractivity contribution in [3.05, 3.63) is 12.4 Å². The van der Waals surface area contributed by atoms with E-state index in [0.29, 0.717) is 0 Å². The lowest BCUT2D eigenvalue weighted by molar-refractivity contribution is -0.0615. The average molecular weight is 206 g/mol. The number of hydrazone groups is 1. The van der Waals surface area contributed by atoms with Crippen LogP contribution in [0.15, 0.2) is 22.5 Å². The molecule has 2 N–H and O–H groups in total. The van der Waals surface area contributed by atoms with E-state index in [9.17, 15) is 13.2 Å². The zero-order chi connectivity index (χ0) is 10.3. The first-order valence-electron chi connectivity index (χ1n) is 3.63. The van der Waals surface area contributed by atoms with Crippen molar-refractivity contribution in [1.82, 2.24) is 10.3 Å². The van der Waals surface area contributed by atoms with Crippen molar-refractivity contribution in [3.63, 3.8) is 0 Å². The molecule has 1 unspecified atom stereocenters. The first kappa shape index (κ1) is 8.85. The fraction of sp³-hybridized carbons (Fsp3) is 0.333. The van der Waals surface area contributed by atoms with Crippen molar-refractivity contribution in [3.8, 4) is 0 Å². The lowest BCUT2D eigenvalue weighted by Gasteiger charge is -2.24. The second-order valence-electron chi connectivity index (χ2n) is 2.66. The quantitative estimate of drug-likeness (QED) is 0.607. The number of nitrogens with one attached hydrogen (secondary N) is 1. The lowest BCUT2D eigenvalue weighted by atomic mass is 10.4. The van der Waals surface area contributed by atoms with Gasteiger partial charge in [0.2, 0.25) is 5.90 Å². The maximum Gasteiger partial charge on any atom is 0.453 e. The van der Waals surface area contributed by atoms with Gasteiger partial charge in [-0.15, -0.1) is 5.10 Å². The SMILES string of the molecule is OC1=NC(C(F)(F)F)=NN2C=CNC12. The lowest BCUT2D eigenvalue weighted by Crippen LogP contribution is -2.45. The number of aliphatic hydroxyl groups excluding tert-OH is 1. The van der Waals surface area contributed by atoms with Gasteiger partial charge in [0, 0.05) is 12.4 Å². The van der Waals surface area contributed by atoms with E-state index in [1.807, 2.05) is 0 Å². The molecule has 8 heteroatoms. The zero-order valence-electron chi connectivity index (χ0n) is 6.65. The molecule has 2 aliphatic heterocycles. The predicted octanol–water partition coefficient (Wildman–Crippen LogP) is 0.535. The minimum Gasteiger partial charge on any atom is -0.493 e. The van der Waals surface area contributed by atoms with Gasteiger partial charge in [0.25, 0.3) is 5.84 Å². The Labute approximate surface area is 76.2 Å². The van der Waals surface area contributed by atoms with Crippen LogP contribution in [0, 0.1) is 0 Å². The molecule has 0 saturated heterocycles. The zero-order valence-corrected chi connectivity index (χ0v) is 6.65. The number of aliphatic imine (C=N–C) groups is 1. The second-order valence-corrected chi connectivity index (χ2v) is 2.66. The number of amidine groups is 1. The van der Waals surface area contributed by atoms with Gasteiger partial charge in [-0.3, -0.25) is 0 Å². The third-order valence-corrected chi connectivity index (χ3v) is 1.67. The molecule has 0 saturated carbocycles. The molecule has 2 rings (SSSR count). The standard InChI is InChI=1S/C6H5F3N4O/c7-6(8,9)5-11-4(14)3-10-1-2-13(3)12-5/h1-3,10H,(H,11,12,14). The molecule has 2 heterocycles. The van der Waals surface area contributed by atoms with Gasteiger partial charge in [0.1, 0.15) is 0 Å². The van der Waals surface area contributed by atoms with Gasteiger partial charge in [-0.05, 0) is 0 Å². The molecule has 0 fully saturated rings. The summed E-state index contributed by atoms with van der Waals surface area (Å²) in [4.78, 5) is 2.95. The van der Waals surface area contributed by atoms with Crippen molar-refractivity contribution >= 4 is 11.7 Å². The first-order valence-corrected chi connectivity index (χ1v) is 3.63. The molecule has 14 heavy (non-hydrogen) atoms. The Balaban J connectivity index is 2.33. The summed E-state index contributed by atoms with van der Waals surface area (Å²) in [7, 11) is 0. The number of fused-ring (bicyclic) bond motifs is 1. The smallest absolute Gasteiger partial charge is 0.453 e. The molecule has 2 aliphatic rings. The highest BCUT2D eigenvalue weighted by Crippen LogP contribution is 2.23. The fourth-order valence-electron chi connectivity index (χ4n) is 1.08. The molecule has 0 aliphatic carbocycles. The largest absolute Gasteiger partial charge is 0.493 e. The second kappa shape index (κ2) is 2.63. The van der Waals surface area contributed by atoms with E-state index < -0.39 is 24.1 Å². The maximum atomic E-state index is 12.2. The molecule has 0 radical (unpaired) electrons. The van der Waals surface area contributed by atoms with Crippen molar-refractivity contribution in [2.24, 2.45) is 10.1 Å². The van der Waals surface area contributed by atoms with Crippen LogP contribution in [0.2, 0.25) is 0 Å². The minimum absolute atomic E-state index is 0.655. The summed E-state index contributed by atoms with van der Waals surface area (Å²) in [5, 5.41) is 15.9. The Hall–Kier alpha value is -1.73. The highest BCUT2D eigenvalue weighted by Gasteiger charge is 2.41. The predicted molar refractivity (Wildman–Crippen MR) is 41.5 cm³/mol. The van der Waals surface area contributed by atoms with Gasteiger partial charge < -0.3 is 10.4 Å². The van der Waals surface area contributed by atoms with Gasteiger partial charge in [-0.1, -0.05) is 0 Å². The van der Waals surface area contributed by atoms with E-state index >= 15 is 0 Å². The van der Waals surface area contributed by atoms with Crippen molar-refractivity contribution in [1.29, 1.82) is 0 Å². The molecule has 0 bridgehead atoms. The van der Waals surface area contributed by atoms with Crippen LogP contribution in [0.25, 0.3) is 0 Å². The number of nitrogens with zero attached hydrogens (tertiary/aromatic N) is 3. The fourth-order valence-corrected chi connectivity index (χ4v) is 1.08. The topological polar surface area (TPSA) is 60.2 Å². The van der Waals surface area contributed by atoms with Crippen LogP contribution in [0.1, 0.15) is 0 Å². The molecule has 5 nitrogen and oxygen atoms in total. The highest BCUT2D eigenvalue weighted by molar-refractivity contribution is 6.00. The third kappa shape index (κ3) is 1.28. The number of alkyl halides is 3. The van der Waals surface area contributed by atoms with Crippen LogP contribution in [0.5, 0.6) is 0 Å². The number of halogens is 3. The summed E-state index contributed by atoms with van der Waals surface area (Å²) in [5.74, 6) is -2.02. The van der Waals surface area contributed by atoms with Crippen LogP contribution >= 0.6 is 0 Å². The third-order valence-electron chi connectivity index (χ3n) is 1.67. The summed E-state index contributed by atoms with van der Waals surface area (Å²) in [6.45, 7) is 0. The van der Waals surface area contributed by atoms with E-state index in [0.717, 1.165) is 5.01 Å². The Morgan fingerprint density at radius 2 is 2.21 bits per heavy atom. The number of rotatable bonds is 0. The van der Waals surface area contributed by atoms with Crippen LogP contribution in [-0.2, 0) is 0 Å². The number of hydrogen-bond acceptors (Lipinski definition) is 4. The summed E-state index contributed by atoms with van der Waals surface area (Å²) in [6, 6.07) is 0. The van der Waals surface area contributed by atoms with E-state index in [1.54, 1.807) is 0 Å². The van der Waals surface area contributed by atoms with Crippen LogP contribution in [-0.4, -0.2) is 34.2 Å². The molecule has 0 amide bonds. The van der Waals surface area contributed by atoms with Crippen molar-refractivity contribution in [2.45, 2.75) is 12.3 Å². The van der Waals surface area contributed by atoms with E-state index in [4.69, 9.17) is 5.11 Å². The molecule has 76 valence electrons.